The number of esters is 1. The highest BCUT2D eigenvalue weighted by atomic mass is 32.2. The number of carbonyl (C=O) groups is 1. The molecule has 21 heavy (non-hydrogen) atoms. The molecule has 1 heterocycles. The van der Waals surface area contributed by atoms with Crippen LogP contribution < -0.4 is 9.47 Å². The van der Waals surface area contributed by atoms with E-state index in [1.807, 2.05) is 0 Å². The standard InChI is InChI=1S/C15H18O5S/c1-18-15(16)14(10-3-4-10)21(17)11-5-6-12-13(9-11)20-8-2-7-19-12/h5-6,9-10,14H,2-4,7-8H2,1H3. The topological polar surface area (TPSA) is 61.8 Å². The van der Waals surface area contributed by atoms with Gasteiger partial charge in [0.15, 0.2) is 11.5 Å². The third-order valence-electron chi connectivity index (χ3n) is 3.67. The summed E-state index contributed by atoms with van der Waals surface area (Å²) in [5.41, 5.74) is 0. The fraction of sp³-hybridized carbons (Fsp3) is 0.533. The average Bonchev–Trinajstić information content (AvgIpc) is 3.33. The van der Waals surface area contributed by atoms with Crippen molar-refractivity contribution in [3.8, 4) is 11.5 Å². The molecule has 1 aliphatic carbocycles. The summed E-state index contributed by atoms with van der Waals surface area (Å²) >= 11 is 0. The quantitative estimate of drug-likeness (QED) is 0.795. The lowest BCUT2D eigenvalue weighted by Crippen LogP contribution is -2.29. The zero-order chi connectivity index (χ0) is 14.8. The van der Waals surface area contributed by atoms with Gasteiger partial charge < -0.3 is 14.2 Å². The Balaban J connectivity index is 1.86. The summed E-state index contributed by atoms with van der Waals surface area (Å²) in [5.74, 6) is 1.02. The van der Waals surface area contributed by atoms with Gasteiger partial charge in [0, 0.05) is 17.4 Å². The molecule has 1 aliphatic heterocycles. The van der Waals surface area contributed by atoms with Gasteiger partial charge in [-0.2, -0.15) is 0 Å². The van der Waals surface area contributed by atoms with Gasteiger partial charge in [-0.3, -0.25) is 9.00 Å². The fourth-order valence-electron chi connectivity index (χ4n) is 2.39. The molecule has 1 aromatic rings. The second kappa shape index (κ2) is 6.05. The van der Waals surface area contributed by atoms with Gasteiger partial charge in [0.1, 0.15) is 5.25 Å². The number of fused-ring (bicyclic) bond motifs is 1. The van der Waals surface area contributed by atoms with Gasteiger partial charge in [-0.05, 0) is 30.9 Å². The fourth-order valence-corrected chi connectivity index (χ4v) is 4.00. The van der Waals surface area contributed by atoms with Crippen LogP contribution in [0.5, 0.6) is 11.5 Å². The Kier molecular flexibility index (Phi) is 4.14. The van der Waals surface area contributed by atoms with Crippen LogP contribution in [0.4, 0.5) is 0 Å². The predicted octanol–water partition coefficient (Wildman–Crippen LogP) is 1.91. The molecule has 114 valence electrons. The Labute approximate surface area is 126 Å². The first-order valence-electron chi connectivity index (χ1n) is 7.09. The van der Waals surface area contributed by atoms with Gasteiger partial charge in [-0.25, -0.2) is 0 Å². The Morgan fingerprint density at radius 3 is 2.67 bits per heavy atom. The maximum atomic E-state index is 12.7. The third kappa shape index (κ3) is 3.05. The van der Waals surface area contributed by atoms with Crippen LogP contribution in [-0.4, -0.2) is 35.8 Å². The van der Waals surface area contributed by atoms with Gasteiger partial charge in [-0.1, -0.05) is 0 Å². The molecule has 2 aliphatic rings. The normalized spacial score (nSPS) is 20.2. The maximum absolute atomic E-state index is 12.7. The molecule has 1 aromatic carbocycles. The molecule has 0 amide bonds. The number of benzene rings is 1. The van der Waals surface area contributed by atoms with E-state index >= 15 is 0 Å². The Morgan fingerprint density at radius 1 is 1.29 bits per heavy atom. The van der Waals surface area contributed by atoms with E-state index in [-0.39, 0.29) is 5.92 Å². The molecule has 0 spiro atoms. The molecular formula is C15H18O5S. The lowest BCUT2D eigenvalue weighted by atomic mass is 10.3. The van der Waals surface area contributed by atoms with Crippen molar-refractivity contribution < 1.29 is 23.2 Å². The van der Waals surface area contributed by atoms with Crippen LogP contribution in [0.1, 0.15) is 19.3 Å². The van der Waals surface area contributed by atoms with Crippen molar-refractivity contribution in [1.82, 2.24) is 0 Å². The summed E-state index contributed by atoms with van der Waals surface area (Å²) in [6.07, 6.45) is 2.67. The minimum absolute atomic E-state index is 0.161. The molecular weight excluding hydrogens is 292 g/mol. The first-order valence-corrected chi connectivity index (χ1v) is 8.30. The SMILES string of the molecule is COC(=O)C(C1CC1)S(=O)c1ccc2c(c1)OCCCO2. The molecule has 5 nitrogen and oxygen atoms in total. The highest BCUT2D eigenvalue weighted by Crippen LogP contribution is 2.39. The van der Waals surface area contributed by atoms with Crippen molar-refractivity contribution in [2.75, 3.05) is 20.3 Å². The summed E-state index contributed by atoms with van der Waals surface area (Å²) in [6.45, 7) is 1.19. The first kappa shape index (κ1) is 14.4. The molecule has 2 unspecified atom stereocenters. The lowest BCUT2D eigenvalue weighted by molar-refractivity contribution is -0.140. The van der Waals surface area contributed by atoms with E-state index in [1.54, 1.807) is 18.2 Å². The van der Waals surface area contributed by atoms with Crippen molar-refractivity contribution >= 4 is 16.8 Å². The molecule has 0 N–H and O–H groups in total. The minimum Gasteiger partial charge on any atom is -0.490 e. The predicted molar refractivity (Wildman–Crippen MR) is 77.0 cm³/mol. The summed E-state index contributed by atoms with van der Waals surface area (Å²) in [6, 6.07) is 5.21. The molecule has 0 radical (unpaired) electrons. The molecule has 3 rings (SSSR count). The minimum atomic E-state index is -1.43. The molecule has 1 saturated carbocycles. The number of rotatable bonds is 4. The average molecular weight is 310 g/mol. The summed E-state index contributed by atoms with van der Waals surface area (Å²) in [7, 11) is -0.0964. The monoisotopic (exact) mass is 310 g/mol. The van der Waals surface area contributed by atoms with Crippen molar-refractivity contribution in [2.24, 2.45) is 5.92 Å². The van der Waals surface area contributed by atoms with Crippen molar-refractivity contribution in [3.63, 3.8) is 0 Å². The maximum Gasteiger partial charge on any atom is 0.322 e. The first-order chi connectivity index (χ1) is 10.2. The van der Waals surface area contributed by atoms with Gasteiger partial charge in [-0.15, -0.1) is 0 Å². The van der Waals surface area contributed by atoms with E-state index < -0.39 is 22.0 Å². The summed E-state index contributed by atoms with van der Waals surface area (Å²) in [4.78, 5) is 12.5. The lowest BCUT2D eigenvalue weighted by Gasteiger charge is -2.15. The molecule has 6 heteroatoms. The number of hydrogen-bond acceptors (Lipinski definition) is 5. The van der Waals surface area contributed by atoms with E-state index in [0.717, 1.165) is 19.3 Å². The Hall–Kier alpha value is -1.56. The van der Waals surface area contributed by atoms with E-state index in [2.05, 4.69) is 0 Å². The Bertz CT molecular complexity index is 567. The molecule has 0 aromatic heterocycles. The van der Waals surface area contributed by atoms with Crippen molar-refractivity contribution in [3.05, 3.63) is 18.2 Å². The molecule has 0 saturated heterocycles. The summed E-state index contributed by atoms with van der Waals surface area (Å²) < 4.78 is 28.7. The molecule has 1 fully saturated rings. The molecule has 0 bridgehead atoms. The second-order valence-corrected chi connectivity index (χ2v) is 6.81. The van der Waals surface area contributed by atoms with Gasteiger partial charge >= 0.3 is 5.97 Å². The van der Waals surface area contributed by atoms with Gasteiger partial charge in [0.2, 0.25) is 0 Å². The van der Waals surface area contributed by atoms with Crippen LogP contribution in [0.3, 0.4) is 0 Å². The van der Waals surface area contributed by atoms with Crippen molar-refractivity contribution in [1.29, 1.82) is 0 Å². The smallest absolute Gasteiger partial charge is 0.322 e. The number of hydrogen-bond donors (Lipinski definition) is 0. The largest absolute Gasteiger partial charge is 0.490 e. The highest BCUT2D eigenvalue weighted by molar-refractivity contribution is 7.86. The zero-order valence-electron chi connectivity index (χ0n) is 11.9. The number of methoxy groups -OCH3 is 1. The number of ether oxygens (including phenoxy) is 3. The van der Waals surface area contributed by atoms with Crippen LogP contribution in [0.25, 0.3) is 0 Å². The van der Waals surface area contributed by atoms with Crippen LogP contribution >= 0.6 is 0 Å². The van der Waals surface area contributed by atoms with E-state index in [0.29, 0.717) is 29.6 Å². The zero-order valence-corrected chi connectivity index (χ0v) is 12.7. The van der Waals surface area contributed by atoms with Gasteiger partial charge in [0.25, 0.3) is 0 Å². The summed E-state index contributed by atoms with van der Waals surface area (Å²) in [5, 5.41) is -0.584. The number of carbonyl (C=O) groups excluding carboxylic acids is 1. The van der Waals surface area contributed by atoms with Crippen molar-refractivity contribution in [2.45, 2.75) is 29.4 Å². The Morgan fingerprint density at radius 2 is 2.00 bits per heavy atom. The second-order valence-electron chi connectivity index (χ2n) is 5.24. The van der Waals surface area contributed by atoms with E-state index in [9.17, 15) is 9.00 Å². The van der Waals surface area contributed by atoms with Crippen LogP contribution in [-0.2, 0) is 20.3 Å². The van der Waals surface area contributed by atoms with Crippen LogP contribution in [0.2, 0.25) is 0 Å². The van der Waals surface area contributed by atoms with E-state index in [1.165, 1.54) is 7.11 Å². The highest BCUT2D eigenvalue weighted by Gasteiger charge is 2.42. The van der Waals surface area contributed by atoms with Crippen LogP contribution in [0, 0.1) is 5.92 Å². The molecule has 2 atom stereocenters. The third-order valence-corrected chi connectivity index (χ3v) is 5.42. The van der Waals surface area contributed by atoms with E-state index in [4.69, 9.17) is 14.2 Å². The van der Waals surface area contributed by atoms with Gasteiger partial charge in [0.05, 0.1) is 31.1 Å². The van der Waals surface area contributed by atoms with Crippen LogP contribution in [0.15, 0.2) is 23.1 Å².